The first-order valence-electron chi connectivity index (χ1n) is 9.61. The molecule has 158 valence electrons. The van der Waals surface area contributed by atoms with Gasteiger partial charge in [0.2, 0.25) is 0 Å². The van der Waals surface area contributed by atoms with Gasteiger partial charge in [0.05, 0.1) is 18.3 Å². The molecular weight excluding hydrogens is 419 g/mol. The summed E-state index contributed by atoms with van der Waals surface area (Å²) >= 11 is 1.10. The van der Waals surface area contributed by atoms with Crippen molar-refractivity contribution in [3.63, 3.8) is 0 Å². The molecule has 0 atom stereocenters. The van der Waals surface area contributed by atoms with Gasteiger partial charge in [-0.3, -0.25) is 9.36 Å². The second kappa shape index (κ2) is 9.09. The van der Waals surface area contributed by atoms with Gasteiger partial charge in [0.25, 0.3) is 5.56 Å². The number of aromatic nitrogens is 2. The van der Waals surface area contributed by atoms with Gasteiger partial charge >= 0.3 is 5.97 Å². The van der Waals surface area contributed by atoms with Gasteiger partial charge in [0, 0.05) is 5.56 Å². The summed E-state index contributed by atoms with van der Waals surface area (Å²) in [5, 5.41) is 0.344. The van der Waals surface area contributed by atoms with Gasteiger partial charge in [0.15, 0.2) is 0 Å². The number of hydrogen-bond donors (Lipinski definition) is 0. The number of aryl methyl sites for hydroxylation is 1. The predicted molar refractivity (Wildman–Crippen MR) is 116 cm³/mol. The molecule has 0 saturated heterocycles. The molecule has 4 rings (SSSR count). The number of ether oxygens (including phenoxy) is 2. The van der Waals surface area contributed by atoms with Crippen molar-refractivity contribution in [2.45, 2.75) is 13.5 Å². The van der Waals surface area contributed by atoms with Gasteiger partial charge in [0.1, 0.15) is 34.5 Å². The summed E-state index contributed by atoms with van der Waals surface area (Å²) in [6.45, 7) is 2.03. The Kier molecular flexibility index (Phi) is 6.08. The molecule has 8 heteroatoms. The minimum absolute atomic E-state index is 0.0559. The lowest BCUT2D eigenvalue weighted by Crippen LogP contribution is -2.21. The molecule has 0 radical (unpaired) electrons. The molecule has 31 heavy (non-hydrogen) atoms. The maximum absolute atomic E-state index is 14.0. The minimum atomic E-state index is -0.530. The Labute approximate surface area is 181 Å². The van der Waals surface area contributed by atoms with Crippen LogP contribution in [0.25, 0.3) is 10.2 Å². The summed E-state index contributed by atoms with van der Waals surface area (Å²) in [5.74, 6) is -0.230. The lowest BCUT2D eigenvalue weighted by atomic mass is 10.2. The number of fused-ring (bicyclic) bond motifs is 1. The first-order valence-corrected chi connectivity index (χ1v) is 10.4. The standard InChI is InChI=1S/C23H19FN2O4S/c1-15-19-21(25-14-26(22(19)27)13-16-7-5-6-10-18(16)24)31-20(15)23(28)30-12-11-29-17-8-3-2-4-9-17/h2-10,14H,11-13H2,1H3. The number of hydrogen-bond acceptors (Lipinski definition) is 6. The van der Waals surface area contributed by atoms with Crippen LogP contribution in [0, 0.1) is 12.7 Å². The Morgan fingerprint density at radius 2 is 1.84 bits per heavy atom. The van der Waals surface area contributed by atoms with Crippen LogP contribution in [-0.4, -0.2) is 28.7 Å². The normalized spacial score (nSPS) is 10.9. The zero-order valence-electron chi connectivity index (χ0n) is 16.7. The van der Waals surface area contributed by atoms with E-state index in [1.54, 1.807) is 25.1 Å². The van der Waals surface area contributed by atoms with Crippen LogP contribution in [0.2, 0.25) is 0 Å². The van der Waals surface area contributed by atoms with E-state index in [4.69, 9.17) is 9.47 Å². The molecule has 4 aromatic rings. The van der Waals surface area contributed by atoms with Crippen LogP contribution in [0.1, 0.15) is 20.8 Å². The largest absolute Gasteiger partial charge is 0.490 e. The van der Waals surface area contributed by atoms with Gasteiger partial charge in [-0.05, 0) is 30.7 Å². The van der Waals surface area contributed by atoms with Crippen LogP contribution < -0.4 is 10.3 Å². The SMILES string of the molecule is Cc1c(C(=O)OCCOc2ccccc2)sc2ncn(Cc3ccccc3F)c(=O)c12. The predicted octanol–water partition coefficient (Wildman–Crippen LogP) is 4.19. The fraction of sp³-hybridized carbons (Fsp3) is 0.174. The molecule has 6 nitrogen and oxygen atoms in total. The Hall–Kier alpha value is -3.52. The second-order valence-electron chi connectivity index (χ2n) is 6.80. The number of benzene rings is 2. The highest BCUT2D eigenvalue weighted by molar-refractivity contribution is 7.20. The molecule has 0 amide bonds. The summed E-state index contributed by atoms with van der Waals surface area (Å²) in [4.78, 5) is 30.5. The maximum atomic E-state index is 14.0. The van der Waals surface area contributed by atoms with Crippen molar-refractivity contribution in [2.24, 2.45) is 0 Å². The molecule has 0 aliphatic heterocycles. The van der Waals surface area contributed by atoms with E-state index in [9.17, 15) is 14.0 Å². The number of carbonyl (C=O) groups is 1. The van der Waals surface area contributed by atoms with Crippen molar-refractivity contribution >= 4 is 27.5 Å². The molecule has 0 spiro atoms. The summed E-state index contributed by atoms with van der Waals surface area (Å²) in [6, 6.07) is 15.5. The Bertz CT molecular complexity index is 1280. The van der Waals surface area contributed by atoms with Crippen LogP contribution in [0.3, 0.4) is 0 Å². The fourth-order valence-electron chi connectivity index (χ4n) is 3.15. The van der Waals surface area contributed by atoms with Crippen molar-refractivity contribution in [1.29, 1.82) is 0 Å². The number of thiophene rings is 1. The fourth-order valence-corrected chi connectivity index (χ4v) is 4.19. The summed E-state index contributed by atoms with van der Waals surface area (Å²) in [5.41, 5.74) is 0.569. The van der Waals surface area contributed by atoms with Crippen LogP contribution in [-0.2, 0) is 11.3 Å². The third kappa shape index (κ3) is 4.49. The van der Waals surface area contributed by atoms with E-state index in [2.05, 4.69) is 4.98 Å². The van der Waals surface area contributed by atoms with E-state index >= 15 is 0 Å². The van der Waals surface area contributed by atoms with Crippen LogP contribution in [0.5, 0.6) is 5.75 Å². The number of carbonyl (C=O) groups excluding carboxylic acids is 1. The number of para-hydroxylation sites is 1. The van der Waals surface area contributed by atoms with E-state index in [1.807, 2.05) is 30.3 Å². The Morgan fingerprint density at radius 1 is 1.10 bits per heavy atom. The maximum Gasteiger partial charge on any atom is 0.348 e. The third-order valence-electron chi connectivity index (χ3n) is 4.73. The zero-order valence-corrected chi connectivity index (χ0v) is 17.5. The smallest absolute Gasteiger partial charge is 0.348 e. The van der Waals surface area contributed by atoms with Crippen molar-refractivity contribution in [1.82, 2.24) is 9.55 Å². The first-order chi connectivity index (χ1) is 15.0. The van der Waals surface area contributed by atoms with E-state index < -0.39 is 11.8 Å². The molecule has 0 N–H and O–H groups in total. The van der Waals surface area contributed by atoms with Gasteiger partial charge in [-0.25, -0.2) is 14.2 Å². The van der Waals surface area contributed by atoms with Gasteiger partial charge < -0.3 is 9.47 Å². The van der Waals surface area contributed by atoms with E-state index in [-0.39, 0.29) is 25.3 Å². The van der Waals surface area contributed by atoms with Gasteiger partial charge in [-0.2, -0.15) is 0 Å². The van der Waals surface area contributed by atoms with Crippen molar-refractivity contribution in [3.05, 3.63) is 93.1 Å². The van der Waals surface area contributed by atoms with Gasteiger partial charge in [-0.1, -0.05) is 36.4 Å². The quantitative estimate of drug-likeness (QED) is 0.320. The van der Waals surface area contributed by atoms with Crippen molar-refractivity contribution in [2.75, 3.05) is 13.2 Å². The molecule has 0 bridgehead atoms. The Balaban J connectivity index is 1.49. The number of nitrogens with zero attached hydrogens (tertiary/aromatic N) is 2. The van der Waals surface area contributed by atoms with Crippen LogP contribution in [0.4, 0.5) is 4.39 Å². The zero-order chi connectivity index (χ0) is 21.8. The Morgan fingerprint density at radius 3 is 2.61 bits per heavy atom. The average Bonchev–Trinajstić information content (AvgIpc) is 3.12. The van der Waals surface area contributed by atoms with Crippen molar-refractivity contribution < 1.29 is 18.7 Å². The lowest BCUT2D eigenvalue weighted by molar-refractivity contribution is 0.0455. The molecule has 0 fully saturated rings. The molecule has 2 aromatic heterocycles. The second-order valence-corrected chi connectivity index (χ2v) is 7.80. The third-order valence-corrected chi connectivity index (χ3v) is 5.91. The highest BCUT2D eigenvalue weighted by atomic mass is 32.1. The lowest BCUT2D eigenvalue weighted by Gasteiger charge is -2.07. The highest BCUT2D eigenvalue weighted by Crippen LogP contribution is 2.27. The molecule has 0 aliphatic carbocycles. The summed E-state index contributed by atoms with van der Waals surface area (Å²) in [6.07, 6.45) is 1.37. The molecule has 2 heterocycles. The molecule has 0 unspecified atom stereocenters. The molecular formula is C23H19FN2O4S. The molecule has 0 saturated carbocycles. The number of esters is 1. The van der Waals surface area contributed by atoms with Crippen LogP contribution in [0.15, 0.2) is 65.7 Å². The molecule has 0 aliphatic rings. The monoisotopic (exact) mass is 438 g/mol. The van der Waals surface area contributed by atoms with Crippen molar-refractivity contribution in [3.8, 4) is 5.75 Å². The van der Waals surface area contributed by atoms with E-state index in [0.717, 1.165) is 11.3 Å². The highest BCUT2D eigenvalue weighted by Gasteiger charge is 2.21. The topological polar surface area (TPSA) is 70.4 Å². The number of rotatable bonds is 7. The molecule has 2 aromatic carbocycles. The van der Waals surface area contributed by atoms with E-state index in [0.29, 0.717) is 32.0 Å². The van der Waals surface area contributed by atoms with E-state index in [1.165, 1.54) is 17.0 Å². The number of halogens is 1. The minimum Gasteiger partial charge on any atom is -0.490 e. The van der Waals surface area contributed by atoms with Gasteiger partial charge in [-0.15, -0.1) is 11.3 Å². The first kappa shape index (κ1) is 20.7. The summed E-state index contributed by atoms with van der Waals surface area (Å²) < 4.78 is 26.1. The van der Waals surface area contributed by atoms with Crippen LogP contribution >= 0.6 is 11.3 Å². The summed E-state index contributed by atoms with van der Waals surface area (Å²) in [7, 11) is 0. The average molecular weight is 438 g/mol.